The Morgan fingerprint density at radius 1 is 1.07 bits per heavy atom. The van der Waals surface area contributed by atoms with E-state index in [9.17, 15) is 9.59 Å². The molecule has 0 bridgehead atoms. The fourth-order valence-corrected chi connectivity index (χ4v) is 3.47. The van der Waals surface area contributed by atoms with Gasteiger partial charge in [0.15, 0.2) is 0 Å². The van der Waals surface area contributed by atoms with E-state index in [1.54, 1.807) is 48.5 Å². The molecule has 0 atom stereocenters. The molecule has 2 N–H and O–H groups in total. The highest BCUT2D eigenvalue weighted by Crippen LogP contribution is 2.38. The number of amides is 2. The summed E-state index contributed by atoms with van der Waals surface area (Å²) in [5, 5.41) is 10.1. The molecule has 0 saturated heterocycles. The van der Waals surface area contributed by atoms with Crippen molar-refractivity contribution in [1.29, 1.82) is 0 Å². The van der Waals surface area contributed by atoms with Crippen LogP contribution in [0.1, 0.15) is 57.2 Å². The van der Waals surface area contributed by atoms with Gasteiger partial charge in [0.1, 0.15) is 5.69 Å². The van der Waals surface area contributed by atoms with Crippen LogP contribution in [0.3, 0.4) is 0 Å². The lowest BCUT2D eigenvalue weighted by atomic mass is 9.80. The van der Waals surface area contributed by atoms with Gasteiger partial charge in [0.25, 0.3) is 11.8 Å². The third kappa shape index (κ3) is 3.89. The van der Waals surface area contributed by atoms with Crippen molar-refractivity contribution < 1.29 is 9.59 Å². The summed E-state index contributed by atoms with van der Waals surface area (Å²) in [6, 6.07) is 8.77. The molecule has 29 heavy (non-hydrogen) atoms. The number of aromatic nitrogens is 3. The summed E-state index contributed by atoms with van der Waals surface area (Å²) in [6.07, 6.45) is 8.34. The molecular weight excluding hydrogens is 366 g/mol. The molecule has 7 heteroatoms. The maximum Gasteiger partial charge on any atom is 0.274 e. The van der Waals surface area contributed by atoms with E-state index >= 15 is 0 Å². The third-order valence-electron chi connectivity index (χ3n) is 5.41. The first-order valence-corrected chi connectivity index (χ1v) is 9.68. The largest absolute Gasteiger partial charge is 0.322 e. The first-order chi connectivity index (χ1) is 14.0. The number of hydrogen-bond acceptors (Lipinski definition) is 4. The van der Waals surface area contributed by atoms with Gasteiger partial charge in [-0.25, -0.2) is 0 Å². The van der Waals surface area contributed by atoms with Crippen LogP contribution in [-0.2, 0) is 7.05 Å². The molecule has 0 spiro atoms. The summed E-state index contributed by atoms with van der Waals surface area (Å²) in [5.74, 6) is -0.00211. The van der Waals surface area contributed by atoms with E-state index in [4.69, 9.17) is 0 Å². The van der Waals surface area contributed by atoms with Gasteiger partial charge in [-0.05, 0) is 55.5 Å². The van der Waals surface area contributed by atoms with Crippen molar-refractivity contribution in [3.05, 3.63) is 71.3 Å². The van der Waals surface area contributed by atoms with Crippen LogP contribution in [0.25, 0.3) is 0 Å². The summed E-state index contributed by atoms with van der Waals surface area (Å²) in [7, 11) is 1.78. The predicted octanol–water partition coefficient (Wildman–Crippen LogP) is 3.90. The van der Waals surface area contributed by atoms with Gasteiger partial charge >= 0.3 is 0 Å². The first kappa shape index (κ1) is 18.9. The van der Waals surface area contributed by atoms with E-state index in [0.717, 1.165) is 24.0 Å². The Kier molecular flexibility index (Phi) is 5.12. The van der Waals surface area contributed by atoms with E-state index in [2.05, 4.69) is 20.7 Å². The van der Waals surface area contributed by atoms with Gasteiger partial charge in [-0.3, -0.25) is 19.3 Å². The summed E-state index contributed by atoms with van der Waals surface area (Å²) in [5.41, 5.74) is 4.29. The Labute approximate surface area is 169 Å². The molecule has 2 aromatic heterocycles. The fourth-order valence-electron chi connectivity index (χ4n) is 3.47. The van der Waals surface area contributed by atoms with Crippen LogP contribution in [0.15, 0.2) is 48.9 Å². The average molecular weight is 389 g/mol. The fraction of sp³-hybridized carbons (Fsp3) is 0.273. The standard InChI is InChI=1S/C22H23N5O2/c1-14-6-7-17(12-19(14)26-21(28)16-8-10-23-11-9-16)25-22(29)20-18(13-24-27(20)2)15-4-3-5-15/h6-13,15H,3-5H2,1-2H3,(H,25,29)(H,26,28). The minimum atomic E-state index is -0.224. The number of nitrogens with one attached hydrogen (secondary N) is 2. The lowest BCUT2D eigenvalue weighted by molar-refractivity contribution is 0.101. The lowest BCUT2D eigenvalue weighted by Crippen LogP contribution is -2.21. The van der Waals surface area contributed by atoms with E-state index in [1.165, 1.54) is 6.42 Å². The number of pyridine rings is 1. The SMILES string of the molecule is Cc1ccc(NC(=O)c2c(C3CCC3)cnn2C)cc1NC(=O)c1ccncc1. The third-order valence-corrected chi connectivity index (χ3v) is 5.41. The summed E-state index contributed by atoms with van der Waals surface area (Å²) in [4.78, 5) is 29.3. The monoisotopic (exact) mass is 389 g/mol. The Hall–Kier alpha value is -3.48. The number of rotatable bonds is 5. The van der Waals surface area contributed by atoms with Crippen LogP contribution in [0.2, 0.25) is 0 Å². The molecule has 3 aromatic rings. The lowest BCUT2D eigenvalue weighted by Gasteiger charge is -2.25. The topological polar surface area (TPSA) is 88.9 Å². The maximum atomic E-state index is 12.9. The Morgan fingerprint density at radius 2 is 1.83 bits per heavy atom. The van der Waals surface area contributed by atoms with E-state index in [-0.39, 0.29) is 11.8 Å². The zero-order valence-electron chi connectivity index (χ0n) is 16.5. The van der Waals surface area contributed by atoms with E-state index in [0.29, 0.717) is 28.6 Å². The van der Waals surface area contributed by atoms with Crippen molar-refractivity contribution in [1.82, 2.24) is 14.8 Å². The molecule has 7 nitrogen and oxygen atoms in total. The van der Waals surface area contributed by atoms with Gasteiger partial charge in [0.05, 0.1) is 6.20 Å². The molecule has 1 aliphatic rings. The molecule has 0 unspecified atom stereocenters. The molecule has 148 valence electrons. The van der Waals surface area contributed by atoms with E-state index < -0.39 is 0 Å². The highest BCUT2D eigenvalue weighted by Gasteiger charge is 2.27. The number of aryl methyl sites for hydroxylation is 2. The number of benzene rings is 1. The molecule has 2 amide bonds. The number of carbonyl (C=O) groups is 2. The maximum absolute atomic E-state index is 12.9. The van der Waals surface area contributed by atoms with Gasteiger partial charge in [-0.15, -0.1) is 0 Å². The smallest absolute Gasteiger partial charge is 0.274 e. The van der Waals surface area contributed by atoms with Crippen LogP contribution in [0.5, 0.6) is 0 Å². The second-order valence-corrected chi connectivity index (χ2v) is 7.37. The molecular formula is C22H23N5O2. The second-order valence-electron chi connectivity index (χ2n) is 7.37. The molecule has 1 aromatic carbocycles. The molecule has 1 fully saturated rings. The summed E-state index contributed by atoms with van der Waals surface area (Å²) < 4.78 is 1.63. The van der Waals surface area contributed by atoms with E-state index in [1.807, 2.05) is 19.1 Å². The normalized spacial score (nSPS) is 13.6. The average Bonchev–Trinajstić information content (AvgIpc) is 3.04. The van der Waals surface area contributed by atoms with Crippen molar-refractivity contribution in [3.63, 3.8) is 0 Å². The Bertz CT molecular complexity index is 1050. The van der Waals surface area contributed by atoms with Crippen molar-refractivity contribution in [3.8, 4) is 0 Å². The molecule has 2 heterocycles. The zero-order valence-corrected chi connectivity index (χ0v) is 16.5. The Balaban J connectivity index is 1.53. The van der Waals surface area contributed by atoms with Crippen molar-refractivity contribution >= 4 is 23.2 Å². The second kappa shape index (κ2) is 7.87. The van der Waals surface area contributed by atoms with Crippen LogP contribution < -0.4 is 10.6 Å². The van der Waals surface area contributed by atoms with Crippen molar-refractivity contribution in [2.75, 3.05) is 10.6 Å². The van der Waals surface area contributed by atoms with Crippen LogP contribution in [-0.4, -0.2) is 26.6 Å². The van der Waals surface area contributed by atoms with Crippen molar-refractivity contribution in [2.24, 2.45) is 7.05 Å². The van der Waals surface area contributed by atoms with Crippen molar-refractivity contribution in [2.45, 2.75) is 32.1 Å². The molecule has 0 radical (unpaired) electrons. The van der Waals surface area contributed by atoms with Gasteiger partial charge < -0.3 is 10.6 Å². The molecule has 1 saturated carbocycles. The number of nitrogens with zero attached hydrogens (tertiary/aromatic N) is 3. The number of hydrogen-bond donors (Lipinski definition) is 2. The van der Waals surface area contributed by atoms with Crippen LogP contribution in [0.4, 0.5) is 11.4 Å². The first-order valence-electron chi connectivity index (χ1n) is 9.68. The quantitative estimate of drug-likeness (QED) is 0.693. The highest BCUT2D eigenvalue weighted by atomic mass is 16.2. The van der Waals surface area contributed by atoms with Gasteiger partial charge in [-0.1, -0.05) is 12.5 Å². The summed E-state index contributed by atoms with van der Waals surface area (Å²) in [6.45, 7) is 1.91. The molecule has 1 aliphatic carbocycles. The highest BCUT2D eigenvalue weighted by molar-refractivity contribution is 6.06. The Morgan fingerprint density at radius 3 is 2.52 bits per heavy atom. The minimum Gasteiger partial charge on any atom is -0.322 e. The number of carbonyl (C=O) groups excluding carboxylic acids is 2. The minimum absolute atomic E-state index is 0.192. The summed E-state index contributed by atoms with van der Waals surface area (Å²) >= 11 is 0. The predicted molar refractivity (Wildman–Crippen MR) is 111 cm³/mol. The number of anilines is 2. The van der Waals surface area contributed by atoms with Crippen LogP contribution in [0, 0.1) is 6.92 Å². The van der Waals surface area contributed by atoms with Gasteiger partial charge in [0, 0.05) is 41.9 Å². The molecule has 0 aliphatic heterocycles. The van der Waals surface area contributed by atoms with Gasteiger partial charge in [-0.2, -0.15) is 5.10 Å². The van der Waals surface area contributed by atoms with Crippen LogP contribution >= 0.6 is 0 Å². The zero-order chi connectivity index (χ0) is 20.4. The molecule has 4 rings (SSSR count). The van der Waals surface area contributed by atoms with Gasteiger partial charge in [0.2, 0.25) is 0 Å².